The number of amides is 2. The van der Waals surface area contributed by atoms with Gasteiger partial charge >= 0.3 is 12.2 Å². The van der Waals surface area contributed by atoms with E-state index in [0.29, 0.717) is 25.9 Å². The van der Waals surface area contributed by atoms with Gasteiger partial charge in [-0.3, -0.25) is 0 Å². The van der Waals surface area contributed by atoms with Gasteiger partial charge in [-0.05, 0) is 0 Å². The molecule has 80 valence electrons. The Kier molecular flexibility index (Phi) is 3.55. The van der Waals surface area contributed by atoms with Crippen LogP contribution in [0.15, 0.2) is 0 Å². The first kappa shape index (κ1) is 10.6. The van der Waals surface area contributed by atoms with Crippen LogP contribution in [0.4, 0.5) is 9.59 Å². The smallest absolute Gasteiger partial charge is 0.407 e. The van der Waals surface area contributed by atoms with Crippen molar-refractivity contribution in [2.24, 2.45) is 0 Å². The summed E-state index contributed by atoms with van der Waals surface area (Å²) >= 11 is 0. The number of hydrogen-bond donors (Lipinski definition) is 2. The van der Waals surface area contributed by atoms with E-state index in [0.717, 1.165) is 0 Å². The van der Waals surface area contributed by atoms with E-state index >= 15 is 0 Å². The minimum atomic E-state index is -0.914. The Balaban J connectivity index is 2.29. The van der Waals surface area contributed by atoms with Crippen LogP contribution in [-0.4, -0.2) is 48.4 Å². The highest BCUT2D eigenvalue weighted by Gasteiger charge is 2.24. The lowest BCUT2D eigenvalue weighted by Gasteiger charge is -2.29. The lowest BCUT2D eigenvalue weighted by Crippen LogP contribution is -2.41. The zero-order chi connectivity index (χ0) is 10.6. The van der Waals surface area contributed by atoms with E-state index in [1.54, 1.807) is 0 Å². The van der Waals surface area contributed by atoms with E-state index in [9.17, 15) is 9.59 Å². The number of nitrogens with one attached hydrogen (secondary N) is 1. The second-order valence-electron chi connectivity index (χ2n) is 3.12. The molecule has 1 aliphatic rings. The molecule has 2 amide bonds. The Morgan fingerprint density at radius 2 is 2.00 bits per heavy atom. The van der Waals surface area contributed by atoms with Crippen LogP contribution in [0.1, 0.15) is 12.8 Å². The van der Waals surface area contributed by atoms with Gasteiger partial charge in [0.15, 0.2) is 0 Å². The standard InChI is InChI=1S/C8H14N2O4/c1-9-7(11)14-6-2-4-10(5-3-6)8(12)13/h6H,2-5H2,1H3,(H,9,11)(H,12,13). The molecule has 0 radical (unpaired) electrons. The first-order valence-electron chi connectivity index (χ1n) is 4.49. The summed E-state index contributed by atoms with van der Waals surface area (Å²) < 4.78 is 5.00. The molecule has 1 heterocycles. The highest BCUT2D eigenvalue weighted by molar-refractivity contribution is 5.67. The zero-order valence-electron chi connectivity index (χ0n) is 8.02. The molecule has 0 bridgehead atoms. The molecule has 0 saturated carbocycles. The Bertz CT molecular complexity index is 223. The molecule has 6 nitrogen and oxygen atoms in total. The number of carboxylic acid groups (broad SMARTS) is 1. The summed E-state index contributed by atoms with van der Waals surface area (Å²) in [7, 11) is 1.49. The molecular weight excluding hydrogens is 188 g/mol. The van der Waals surface area contributed by atoms with E-state index < -0.39 is 12.2 Å². The van der Waals surface area contributed by atoms with Crippen molar-refractivity contribution < 1.29 is 19.4 Å². The molecule has 0 aliphatic carbocycles. The van der Waals surface area contributed by atoms with Gasteiger partial charge in [-0.1, -0.05) is 0 Å². The van der Waals surface area contributed by atoms with Crippen molar-refractivity contribution in [1.29, 1.82) is 0 Å². The predicted octanol–water partition coefficient (Wildman–Crippen LogP) is 0.485. The summed E-state index contributed by atoms with van der Waals surface area (Å²) in [5, 5.41) is 11.0. The van der Waals surface area contributed by atoms with Crippen molar-refractivity contribution in [1.82, 2.24) is 10.2 Å². The quantitative estimate of drug-likeness (QED) is 0.648. The van der Waals surface area contributed by atoms with E-state index in [2.05, 4.69) is 5.32 Å². The van der Waals surface area contributed by atoms with Crippen LogP contribution >= 0.6 is 0 Å². The molecule has 0 aromatic heterocycles. The maximum Gasteiger partial charge on any atom is 0.407 e. The number of alkyl carbamates (subject to hydrolysis) is 1. The van der Waals surface area contributed by atoms with Crippen molar-refractivity contribution in [2.75, 3.05) is 20.1 Å². The molecule has 0 spiro atoms. The number of carbonyl (C=O) groups is 2. The van der Waals surface area contributed by atoms with E-state index in [1.165, 1.54) is 11.9 Å². The Hall–Kier alpha value is -1.46. The fraction of sp³-hybridized carbons (Fsp3) is 0.750. The molecular formula is C8H14N2O4. The second kappa shape index (κ2) is 4.69. The molecule has 0 aromatic rings. The number of ether oxygens (including phenoxy) is 1. The van der Waals surface area contributed by atoms with Crippen LogP contribution in [0.3, 0.4) is 0 Å². The van der Waals surface area contributed by atoms with E-state index in [1.807, 2.05) is 0 Å². The van der Waals surface area contributed by atoms with Crippen molar-refractivity contribution in [3.63, 3.8) is 0 Å². The Morgan fingerprint density at radius 1 is 1.43 bits per heavy atom. The zero-order valence-corrected chi connectivity index (χ0v) is 8.02. The largest absolute Gasteiger partial charge is 0.465 e. The molecule has 2 N–H and O–H groups in total. The summed E-state index contributed by atoms with van der Waals surface area (Å²) in [4.78, 5) is 22.7. The number of carbonyl (C=O) groups excluding carboxylic acids is 1. The summed E-state index contributed by atoms with van der Waals surface area (Å²) in [6.07, 6.45) is -0.396. The SMILES string of the molecule is CNC(=O)OC1CCN(C(=O)O)CC1. The lowest BCUT2D eigenvalue weighted by atomic mass is 10.1. The van der Waals surface area contributed by atoms with Gasteiger partial charge in [0, 0.05) is 33.0 Å². The van der Waals surface area contributed by atoms with Crippen molar-refractivity contribution in [3.05, 3.63) is 0 Å². The molecule has 0 atom stereocenters. The Morgan fingerprint density at radius 3 is 2.43 bits per heavy atom. The lowest BCUT2D eigenvalue weighted by molar-refractivity contribution is 0.0521. The van der Waals surface area contributed by atoms with Crippen molar-refractivity contribution in [3.8, 4) is 0 Å². The minimum absolute atomic E-state index is 0.162. The molecule has 1 aliphatic heterocycles. The third-order valence-electron chi connectivity index (χ3n) is 2.19. The molecule has 14 heavy (non-hydrogen) atoms. The fourth-order valence-electron chi connectivity index (χ4n) is 1.38. The van der Waals surface area contributed by atoms with Gasteiger partial charge < -0.3 is 20.1 Å². The first-order valence-corrected chi connectivity index (χ1v) is 4.49. The van der Waals surface area contributed by atoms with Crippen molar-refractivity contribution in [2.45, 2.75) is 18.9 Å². The van der Waals surface area contributed by atoms with Crippen LogP contribution in [0.25, 0.3) is 0 Å². The highest BCUT2D eigenvalue weighted by atomic mass is 16.6. The summed E-state index contributed by atoms with van der Waals surface area (Å²) in [6.45, 7) is 0.855. The third kappa shape index (κ3) is 2.79. The van der Waals surface area contributed by atoms with Gasteiger partial charge in [-0.2, -0.15) is 0 Å². The van der Waals surface area contributed by atoms with Crippen LogP contribution in [0, 0.1) is 0 Å². The summed E-state index contributed by atoms with van der Waals surface area (Å²) in [5.41, 5.74) is 0. The van der Waals surface area contributed by atoms with E-state index in [4.69, 9.17) is 9.84 Å². The average Bonchev–Trinajstić information content (AvgIpc) is 2.18. The normalized spacial score (nSPS) is 17.6. The molecule has 1 saturated heterocycles. The monoisotopic (exact) mass is 202 g/mol. The van der Waals surface area contributed by atoms with Gasteiger partial charge in [0.05, 0.1) is 0 Å². The van der Waals surface area contributed by atoms with Gasteiger partial charge in [0.25, 0.3) is 0 Å². The molecule has 0 aromatic carbocycles. The number of hydrogen-bond acceptors (Lipinski definition) is 3. The van der Waals surface area contributed by atoms with Gasteiger partial charge in [0.1, 0.15) is 6.10 Å². The molecule has 0 unspecified atom stereocenters. The Labute approximate surface area is 81.8 Å². The predicted molar refractivity (Wildman–Crippen MR) is 48.2 cm³/mol. The highest BCUT2D eigenvalue weighted by Crippen LogP contribution is 2.13. The summed E-state index contributed by atoms with van der Waals surface area (Å²) in [6, 6.07) is 0. The van der Waals surface area contributed by atoms with Crippen LogP contribution < -0.4 is 5.32 Å². The minimum Gasteiger partial charge on any atom is -0.465 e. The van der Waals surface area contributed by atoms with Crippen LogP contribution in [0.2, 0.25) is 0 Å². The van der Waals surface area contributed by atoms with Gasteiger partial charge in [-0.25, -0.2) is 9.59 Å². The molecule has 6 heteroatoms. The third-order valence-corrected chi connectivity index (χ3v) is 2.19. The van der Waals surface area contributed by atoms with E-state index in [-0.39, 0.29) is 6.10 Å². The second-order valence-corrected chi connectivity index (χ2v) is 3.12. The van der Waals surface area contributed by atoms with Crippen LogP contribution in [-0.2, 0) is 4.74 Å². The molecule has 1 fully saturated rings. The van der Waals surface area contributed by atoms with Crippen LogP contribution in [0.5, 0.6) is 0 Å². The maximum absolute atomic E-state index is 10.8. The molecule has 1 rings (SSSR count). The fourth-order valence-corrected chi connectivity index (χ4v) is 1.38. The first-order chi connectivity index (χ1) is 6.63. The summed E-state index contributed by atoms with van der Waals surface area (Å²) in [5.74, 6) is 0. The van der Waals surface area contributed by atoms with Gasteiger partial charge in [0.2, 0.25) is 0 Å². The maximum atomic E-state index is 10.8. The topological polar surface area (TPSA) is 78.9 Å². The van der Waals surface area contributed by atoms with Crippen molar-refractivity contribution >= 4 is 12.2 Å². The number of rotatable bonds is 1. The number of nitrogens with zero attached hydrogens (tertiary/aromatic N) is 1. The average molecular weight is 202 g/mol. The van der Waals surface area contributed by atoms with Gasteiger partial charge in [-0.15, -0.1) is 0 Å². The number of likely N-dealkylation sites (tertiary alicyclic amines) is 1. The number of piperidine rings is 1.